The zero-order valence-corrected chi connectivity index (χ0v) is 16.3. The van der Waals surface area contributed by atoms with Crippen molar-refractivity contribution in [1.82, 2.24) is 4.90 Å². The summed E-state index contributed by atoms with van der Waals surface area (Å²) < 4.78 is 28.6. The molecule has 0 fully saturated rings. The van der Waals surface area contributed by atoms with Crippen LogP contribution in [0.1, 0.15) is 34.9 Å². The lowest BCUT2D eigenvalue weighted by Gasteiger charge is -2.26. The Morgan fingerprint density at radius 1 is 1.28 bits per heavy atom. The summed E-state index contributed by atoms with van der Waals surface area (Å²) in [5.41, 5.74) is 3.44. The van der Waals surface area contributed by atoms with Crippen LogP contribution in [0.15, 0.2) is 28.5 Å². The Balaban J connectivity index is 1.86. The molecule has 1 aromatic heterocycles. The number of hydrogen-bond acceptors (Lipinski definition) is 4. The summed E-state index contributed by atoms with van der Waals surface area (Å²) in [5, 5.41) is 0. The molecule has 25 heavy (non-hydrogen) atoms. The Morgan fingerprint density at radius 3 is 2.76 bits per heavy atom. The average Bonchev–Trinajstić information content (AvgIpc) is 3.01. The van der Waals surface area contributed by atoms with Crippen LogP contribution in [-0.2, 0) is 27.8 Å². The normalized spacial score (nSPS) is 14.3. The van der Waals surface area contributed by atoms with E-state index in [-0.39, 0.29) is 5.91 Å². The predicted molar refractivity (Wildman–Crippen MR) is 100 cm³/mol. The van der Waals surface area contributed by atoms with Gasteiger partial charge in [0.05, 0.1) is 5.69 Å². The van der Waals surface area contributed by atoms with Crippen LogP contribution in [0.4, 0.5) is 5.69 Å². The second kappa shape index (κ2) is 6.80. The number of nitrogens with one attached hydrogen (secondary N) is 1. The van der Waals surface area contributed by atoms with Crippen LogP contribution in [-0.4, -0.2) is 25.8 Å². The van der Waals surface area contributed by atoms with Gasteiger partial charge in [-0.15, -0.1) is 11.3 Å². The fraction of sp³-hybridized carbons (Fsp3) is 0.389. The van der Waals surface area contributed by atoms with E-state index in [0.717, 1.165) is 21.6 Å². The summed E-state index contributed by atoms with van der Waals surface area (Å²) in [6.07, 6.45) is 1.18. The van der Waals surface area contributed by atoms with Gasteiger partial charge < -0.3 is 4.90 Å². The van der Waals surface area contributed by atoms with Crippen LogP contribution in [0.2, 0.25) is 0 Å². The number of benzene rings is 1. The molecule has 1 aliphatic heterocycles. The first-order chi connectivity index (χ1) is 11.8. The number of hydrogen-bond donors (Lipinski definition) is 1. The molecule has 5 nitrogen and oxygen atoms in total. The maximum Gasteiger partial charge on any atom is 0.271 e. The molecule has 2 heterocycles. The SMILES string of the molecule is CCC(=O)N1CCc2sc(S(=O)(=O)Nc3cc(C)ccc3C)cc2C1. The molecule has 0 radical (unpaired) electrons. The van der Waals surface area contributed by atoms with Gasteiger partial charge in [0.1, 0.15) is 4.21 Å². The highest BCUT2D eigenvalue weighted by Crippen LogP contribution is 2.32. The number of anilines is 1. The number of rotatable bonds is 4. The maximum absolute atomic E-state index is 12.8. The van der Waals surface area contributed by atoms with Crippen molar-refractivity contribution in [2.24, 2.45) is 0 Å². The lowest BCUT2D eigenvalue weighted by Crippen LogP contribution is -2.34. The van der Waals surface area contributed by atoms with Gasteiger partial charge >= 0.3 is 0 Å². The number of sulfonamides is 1. The van der Waals surface area contributed by atoms with Gasteiger partial charge in [0.2, 0.25) is 5.91 Å². The first kappa shape index (κ1) is 17.9. The minimum absolute atomic E-state index is 0.106. The molecule has 0 spiro atoms. The Morgan fingerprint density at radius 2 is 2.04 bits per heavy atom. The molecule has 0 saturated carbocycles. The fourth-order valence-corrected chi connectivity index (χ4v) is 5.58. The number of carbonyl (C=O) groups excluding carboxylic acids is 1. The zero-order chi connectivity index (χ0) is 18.2. The third-order valence-corrected chi connectivity index (χ3v) is 7.48. The van der Waals surface area contributed by atoms with Crippen molar-refractivity contribution in [3.63, 3.8) is 0 Å². The summed E-state index contributed by atoms with van der Waals surface area (Å²) in [7, 11) is -3.62. The lowest BCUT2D eigenvalue weighted by molar-refractivity contribution is -0.131. The van der Waals surface area contributed by atoms with Gasteiger partial charge in [0, 0.05) is 24.4 Å². The molecule has 1 aliphatic rings. The van der Waals surface area contributed by atoms with E-state index >= 15 is 0 Å². The van der Waals surface area contributed by atoms with E-state index in [1.165, 1.54) is 11.3 Å². The van der Waals surface area contributed by atoms with Crippen LogP contribution in [0.25, 0.3) is 0 Å². The Bertz CT molecular complexity index is 916. The van der Waals surface area contributed by atoms with E-state index in [0.29, 0.717) is 35.8 Å². The van der Waals surface area contributed by atoms with Gasteiger partial charge in [-0.3, -0.25) is 9.52 Å². The van der Waals surface area contributed by atoms with Gasteiger partial charge in [-0.25, -0.2) is 8.42 Å². The van der Waals surface area contributed by atoms with Crippen molar-refractivity contribution >= 4 is 33.0 Å². The van der Waals surface area contributed by atoms with Crippen LogP contribution in [0, 0.1) is 13.8 Å². The molecule has 7 heteroatoms. The number of fused-ring (bicyclic) bond motifs is 1. The van der Waals surface area contributed by atoms with Crippen LogP contribution >= 0.6 is 11.3 Å². The van der Waals surface area contributed by atoms with Crippen LogP contribution in [0.5, 0.6) is 0 Å². The fourth-order valence-electron chi connectivity index (χ4n) is 2.92. The van der Waals surface area contributed by atoms with Crippen LogP contribution < -0.4 is 4.72 Å². The van der Waals surface area contributed by atoms with Crippen molar-refractivity contribution in [3.05, 3.63) is 45.8 Å². The van der Waals surface area contributed by atoms with Crippen molar-refractivity contribution in [2.45, 2.75) is 44.4 Å². The third kappa shape index (κ3) is 3.72. The highest BCUT2D eigenvalue weighted by molar-refractivity contribution is 7.94. The predicted octanol–water partition coefficient (Wildman–Crippen LogP) is 3.46. The van der Waals surface area contributed by atoms with E-state index in [9.17, 15) is 13.2 Å². The molecular formula is C18H22N2O3S2. The average molecular weight is 379 g/mol. The van der Waals surface area contributed by atoms with E-state index in [1.807, 2.05) is 39.0 Å². The van der Waals surface area contributed by atoms with Crippen molar-refractivity contribution < 1.29 is 13.2 Å². The largest absolute Gasteiger partial charge is 0.338 e. The Hall–Kier alpha value is -1.86. The number of aryl methyl sites for hydroxylation is 2. The minimum atomic E-state index is -3.62. The Labute approximate surface area is 152 Å². The number of carbonyl (C=O) groups is 1. The lowest BCUT2D eigenvalue weighted by atomic mass is 10.1. The first-order valence-corrected chi connectivity index (χ1v) is 10.6. The molecule has 134 valence electrons. The van der Waals surface area contributed by atoms with Crippen LogP contribution in [0.3, 0.4) is 0 Å². The molecule has 0 bridgehead atoms. The number of thiophene rings is 1. The summed E-state index contributed by atoms with van der Waals surface area (Å²) >= 11 is 1.30. The smallest absolute Gasteiger partial charge is 0.271 e. The standard InChI is InChI=1S/C18H22N2O3S2/c1-4-17(21)20-8-7-16-14(11-20)10-18(24-16)25(22,23)19-15-9-12(2)5-6-13(15)3/h5-6,9-10,19H,4,7-8,11H2,1-3H3. The summed E-state index contributed by atoms with van der Waals surface area (Å²) in [6, 6.07) is 7.40. The summed E-state index contributed by atoms with van der Waals surface area (Å²) in [6.45, 7) is 6.81. The van der Waals surface area contributed by atoms with Crippen molar-refractivity contribution in [3.8, 4) is 0 Å². The third-order valence-electron chi connectivity index (χ3n) is 4.40. The number of nitrogens with zero attached hydrogens (tertiary/aromatic N) is 1. The summed E-state index contributed by atoms with van der Waals surface area (Å²) in [4.78, 5) is 14.7. The van der Waals surface area contributed by atoms with E-state index in [2.05, 4.69) is 4.72 Å². The van der Waals surface area contributed by atoms with Gasteiger partial charge in [0.15, 0.2) is 0 Å². The number of amides is 1. The molecule has 1 amide bonds. The van der Waals surface area contributed by atoms with E-state index < -0.39 is 10.0 Å². The van der Waals surface area contributed by atoms with E-state index in [4.69, 9.17) is 0 Å². The minimum Gasteiger partial charge on any atom is -0.338 e. The van der Waals surface area contributed by atoms with Gasteiger partial charge in [-0.05, 0) is 49.1 Å². The monoisotopic (exact) mass is 378 g/mol. The zero-order valence-electron chi connectivity index (χ0n) is 14.6. The molecule has 1 aromatic carbocycles. The quantitative estimate of drug-likeness (QED) is 0.886. The molecule has 3 rings (SSSR count). The first-order valence-electron chi connectivity index (χ1n) is 8.29. The van der Waals surface area contributed by atoms with Gasteiger partial charge in [0.25, 0.3) is 10.0 Å². The van der Waals surface area contributed by atoms with Crippen molar-refractivity contribution in [2.75, 3.05) is 11.3 Å². The van der Waals surface area contributed by atoms with Crippen molar-refractivity contribution in [1.29, 1.82) is 0 Å². The van der Waals surface area contributed by atoms with Gasteiger partial charge in [-0.1, -0.05) is 19.1 Å². The molecular weight excluding hydrogens is 356 g/mol. The molecule has 0 atom stereocenters. The molecule has 1 N–H and O–H groups in total. The topological polar surface area (TPSA) is 66.5 Å². The Kier molecular flexibility index (Phi) is 4.88. The molecule has 0 saturated heterocycles. The molecule has 0 aliphatic carbocycles. The second-order valence-corrected chi connectivity index (χ2v) is 9.40. The van der Waals surface area contributed by atoms with Gasteiger partial charge in [-0.2, -0.15) is 0 Å². The second-order valence-electron chi connectivity index (χ2n) is 6.36. The highest BCUT2D eigenvalue weighted by atomic mass is 32.2. The molecule has 2 aromatic rings. The highest BCUT2D eigenvalue weighted by Gasteiger charge is 2.26. The van der Waals surface area contributed by atoms with E-state index in [1.54, 1.807) is 11.0 Å². The molecule has 0 unspecified atom stereocenters. The summed E-state index contributed by atoms with van der Waals surface area (Å²) in [5.74, 6) is 0.106. The maximum atomic E-state index is 12.8.